The first-order valence-corrected chi connectivity index (χ1v) is 43.1. The average molecular weight is 1650 g/mol. The molecule has 10 N–H and O–H groups in total. The third-order valence-electron chi connectivity index (χ3n) is 24.1. The fourth-order valence-electron chi connectivity index (χ4n) is 17.5. The van der Waals surface area contributed by atoms with Crippen LogP contribution in [-0.2, 0) is 85.6 Å². The molecule has 29 heteroatoms. The first-order valence-electron chi connectivity index (χ1n) is 43.8. The second-order valence-corrected chi connectivity index (χ2v) is 32.5. The van der Waals surface area contributed by atoms with Gasteiger partial charge in [0.15, 0.2) is 0 Å². The number of alkyl carbamates (subject to hydrolysis) is 2. The van der Waals surface area contributed by atoms with Crippen molar-refractivity contribution >= 4 is 42.1 Å². The summed E-state index contributed by atoms with van der Waals surface area (Å²) in [4.78, 5) is 89.9. The highest BCUT2D eigenvalue weighted by atomic mass is 19.1. The summed E-state index contributed by atoms with van der Waals surface area (Å²) in [6.45, 7) is 9.71. The normalized spacial score (nSPS) is 26.9. The lowest BCUT2D eigenvalue weighted by atomic mass is 9.92. The van der Waals surface area contributed by atoms with Crippen LogP contribution in [-0.4, -0.2) is 232 Å². The topological polar surface area (TPSA) is 380 Å². The number of hydrogen-bond donors (Lipinski definition) is 6. The lowest BCUT2D eigenvalue weighted by Gasteiger charge is -2.33. The van der Waals surface area contributed by atoms with Crippen LogP contribution in [0.3, 0.4) is 0 Å². The van der Waals surface area contributed by atoms with Crippen LogP contribution in [0.4, 0.5) is 18.8 Å². The minimum Gasteiger partial charge on any atom is -0.465 e. The van der Waals surface area contributed by atoms with Crippen molar-refractivity contribution in [3.63, 3.8) is 0 Å². The van der Waals surface area contributed by atoms with E-state index in [1.807, 2.05) is 0 Å². The predicted molar refractivity (Wildman–Crippen MR) is 431 cm³/mol. The number of carbonyl (C=O) groups excluding carboxylic acids is 7. The van der Waals surface area contributed by atoms with Crippen LogP contribution in [0.5, 0.6) is 0 Å². The van der Waals surface area contributed by atoms with Crippen molar-refractivity contribution in [1.82, 2.24) is 15.7 Å². The molecule has 6 fully saturated rings. The number of esters is 2. The summed E-state index contributed by atoms with van der Waals surface area (Å²) in [7, 11) is -1.00. The highest BCUT2D eigenvalue weighted by molar-refractivity contribution is 6.01. The minimum absolute atomic E-state index is 0.0822. The molecule has 5 unspecified atom stereocenters. The van der Waals surface area contributed by atoms with Crippen LogP contribution in [0, 0.1) is 159 Å². The van der Waals surface area contributed by atoms with Crippen molar-refractivity contribution in [2.75, 3.05) is 185 Å². The molecule has 1 heterocycles. The van der Waals surface area contributed by atoms with Gasteiger partial charge >= 0.3 is 30.3 Å². The highest BCUT2D eigenvalue weighted by Crippen LogP contribution is 2.56. The van der Waals surface area contributed by atoms with E-state index in [1.165, 1.54) is 0 Å². The van der Waals surface area contributed by atoms with Gasteiger partial charge in [-0.15, -0.1) is 59.2 Å². The van der Waals surface area contributed by atoms with Crippen LogP contribution < -0.4 is 33.6 Å². The maximum absolute atomic E-state index is 12.8. The lowest BCUT2D eigenvalue weighted by Crippen LogP contribution is -2.43. The molecule has 0 aromatic carbocycles. The van der Waals surface area contributed by atoms with E-state index in [-0.39, 0.29) is 97.0 Å². The molecule has 0 radical (unpaired) electrons. The number of amides is 4. The molecule has 28 nitrogen and oxygen atoms in total. The molecule has 5 saturated carbocycles. The van der Waals surface area contributed by atoms with Gasteiger partial charge in [0, 0.05) is 142 Å². The van der Waals surface area contributed by atoms with Gasteiger partial charge in [0.2, 0.25) is 0 Å². The third-order valence-corrected chi connectivity index (χ3v) is 24.1. The number of carbonyl (C=O) groups is 7. The van der Waals surface area contributed by atoms with Gasteiger partial charge in [-0.25, -0.2) is 14.4 Å². The second-order valence-electron chi connectivity index (χ2n) is 32.5. The Morgan fingerprint density at radius 2 is 0.607 bits per heavy atom. The van der Waals surface area contributed by atoms with E-state index >= 15 is 0 Å². The molecule has 1 aliphatic heterocycles. The number of fused-ring (bicyclic) bond motifs is 5. The van der Waals surface area contributed by atoms with Crippen molar-refractivity contribution in [1.29, 1.82) is 0 Å². The number of nitrogens with zero attached hydrogens (tertiary/aromatic N) is 1. The number of ether oxygens (including phenoxy) is 13. The first kappa shape index (κ1) is 94.0. The summed E-state index contributed by atoms with van der Waals surface area (Å²) >= 11 is 0. The largest absolute Gasteiger partial charge is 0.533 e. The second kappa shape index (κ2) is 54.4. The van der Waals surface area contributed by atoms with Gasteiger partial charge in [-0.2, -0.15) is 0 Å². The summed E-state index contributed by atoms with van der Waals surface area (Å²) in [6.07, 6.45) is 19.5. The molecule has 11 aliphatic rings. The summed E-state index contributed by atoms with van der Waals surface area (Å²) in [5.74, 6) is 38.6. The predicted octanol–water partition coefficient (Wildman–Crippen LogP) is 8.00. The Labute approximate surface area is 694 Å². The number of imide groups is 1. The van der Waals surface area contributed by atoms with E-state index in [9.17, 15) is 38.0 Å². The number of hydrogen-bond acceptors (Lipinski definition) is 25. The molecule has 0 bridgehead atoms. The van der Waals surface area contributed by atoms with E-state index in [0.717, 1.165) is 128 Å². The summed E-state index contributed by atoms with van der Waals surface area (Å²) in [5, 5.41) is 6.17. The van der Waals surface area contributed by atoms with E-state index in [4.69, 9.17) is 85.9 Å². The Hall–Kier alpha value is -6.86. The van der Waals surface area contributed by atoms with Crippen LogP contribution in [0.15, 0.2) is 0 Å². The molecule has 11 rings (SSSR count). The van der Waals surface area contributed by atoms with Crippen molar-refractivity contribution in [3.8, 4) is 59.2 Å². The number of nitrogens with one attached hydrogen (secondary N) is 2. The monoisotopic (exact) mass is 1640 g/mol. The van der Waals surface area contributed by atoms with Crippen molar-refractivity contribution in [3.05, 3.63) is 0 Å². The maximum atomic E-state index is 12.8. The zero-order valence-electron chi connectivity index (χ0n) is 70.1. The Morgan fingerprint density at radius 1 is 0.376 bits per heavy atom. The van der Waals surface area contributed by atoms with Crippen molar-refractivity contribution < 1.29 is 106 Å². The van der Waals surface area contributed by atoms with Crippen LogP contribution in [0.25, 0.3) is 0 Å². The quantitative estimate of drug-likeness (QED) is 0.0110. The van der Waals surface area contributed by atoms with Gasteiger partial charge in [-0.3, -0.25) is 28.4 Å². The van der Waals surface area contributed by atoms with E-state index in [0.29, 0.717) is 225 Å². The summed E-state index contributed by atoms with van der Waals surface area (Å²) < 4.78 is 90.6. The summed E-state index contributed by atoms with van der Waals surface area (Å²) in [5.41, 5.74) is 20.6. The van der Waals surface area contributed by atoms with Gasteiger partial charge < -0.3 is 95.1 Å². The molecule has 4 amide bonds. The zero-order valence-corrected chi connectivity index (χ0v) is 69.1. The molecule has 654 valence electrons. The molecule has 15 atom stereocenters. The number of halogens is 1. The minimum atomic E-state index is -1.00. The molecule has 0 aromatic heterocycles. The Bertz CT molecular complexity index is 2950. The number of nitrogens with two attached hydrogens (primary N) is 4. The molecule has 0 spiro atoms. The Balaban J connectivity index is 0.000000311. The van der Waals surface area contributed by atoms with Gasteiger partial charge in [0.25, 0.3) is 11.8 Å². The lowest BCUT2D eigenvalue weighted by molar-refractivity contribution is -0.177. The molecule has 10 aliphatic carbocycles. The Morgan fingerprint density at radius 3 is 0.863 bits per heavy atom. The van der Waals surface area contributed by atoms with Gasteiger partial charge in [-0.1, -0.05) is 5.06 Å². The average Bonchev–Trinajstić information content (AvgIpc) is 1.65. The maximum Gasteiger partial charge on any atom is 0.533 e. The van der Waals surface area contributed by atoms with Crippen LogP contribution in [0.2, 0.25) is 0 Å². The molecule has 1 saturated heterocycles. The summed E-state index contributed by atoms with van der Waals surface area (Å²) in [6, 6.07) is 0. The van der Waals surface area contributed by atoms with Crippen LogP contribution in [0.1, 0.15) is 168 Å². The van der Waals surface area contributed by atoms with E-state index in [1.54, 1.807) is 0 Å². The fourth-order valence-corrected chi connectivity index (χ4v) is 17.5. The Kier molecular flexibility index (Phi) is 43.7. The highest BCUT2D eigenvalue weighted by Gasteiger charge is 2.53. The standard InChI is InChI=1S/C59H82N2O12.C15H17NO5.C13H32N4O4.CH3F/c62-55(70-35-51-43-19-9-1-2-10-20-44(43)51)27-17-31-66-39-59(40-67-32-18-28-56(63)71-36-52-45-21-11-3-4-12-22-46(45)52,41-68-33-29-60-57(64)72-37-53-47-23-13-5-6-14-24-48(47)53)42-69-34-30-61-58(65)73-38-54-49-25-15-7-8-16-26-50(49)54;17-13-7-8-14(18)16(13)21-15(19)20-9-12-10-5-3-1-2-4-6-11(10)12;14-1-5-18-9-13(10-19-6-2-15,11-20-7-3-16)12-21-8-4-17;1-2/h43-54H,9-42H2,(H,60,64)(H,61,65);10-12H,3-9H2;1-12,14-17H2;1H3/t43-,44+,45-,46+,47-,48+,49-,50+,51?,52?,53?,54?,59?;10-,11+,12?;;/i;;;1D. The first-order chi connectivity index (χ1) is 57.7. The SMILES string of the molecule is NCCOCC(COCCN)(COCCN)COCCN.O=C(CCCOCC(COCCCC(=O)OCC1[C@H]2CCC#CCC[C@@H]12)(COCCNC(=O)OCC1[C@H]2CCC#CCC[C@@H]12)COCCNC(=O)OCC1[C@H]2CCC#CCC[C@@H]12)OCC1[C@H]2CCC#CCC[C@@H]12.O=C(OCC1[C@H]2CCC#CCC[C@@H]12)ON1C(=O)CCC1=O.[2H]CF. The molecular formula is C88H134FN7O21. The van der Waals surface area contributed by atoms with Gasteiger partial charge in [0.05, 0.1) is 145 Å². The smallest absolute Gasteiger partial charge is 0.465 e. The number of alkyl halides is 1. The molecular weight excluding hydrogens is 1510 g/mol. The number of rotatable bonds is 49. The third kappa shape index (κ3) is 34.7. The van der Waals surface area contributed by atoms with Crippen molar-refractivity contribution in [2.24, 2.45) is 123 Å². The van der Waals surface area contributed by atoms with Crippen LogP contribution >= 0.6 is 0 Å². The molecule has 117 heavy (non-hydrogen) atoms. The fraction of sp³-hybridized carbons (Fsp3) is 0.807. The molecule has 0 aromatic rings. The zero-order chi connectivity index (χ0) is 83.8. The van der Waals surface area contributed by atoms with Crippen molar-refractivity contribution in [2.45, 2.75) is 167 Å². The number of hydroxylamine groups is 2. The van der Waals surface area contributed by atoms with E-state index in [2.05, 4.69) is 74.7 Å². The van der Waals surface area contributed by atoms with Gasteiger partial charge in [0.1, 0.15) is 0 Å². The van der Waals surface area contributed by atoms with Gasteiger partial charge in [-0.05, 0) is 166 Å². The van der Waals surface area contributed by atoms with E-state index < -0.39 is 48.1 Å².